The van der Waals surface area contributed by atoms with Gasteiger partial charge in [0.2, 0.25) is 0 Å². The Morgan fingerprint density at radius 2 is 1.86 bits per heavy atom. The van der Waals surface area contributed by atoms with Gasteiger partial charge in [-0.15, -0.1) is 0 Å². The molecule has 0 unspecified atom stereocenters. The zero-order valence-corrected chi connectivity index (χ0v) is 18.1. The number of aromatic hydroxyl groups is 1. The Hall–Kier alpha value is -2.52. The van der Waals surface area contributed by atoms with Gasteiger partial charge in [0.1, 0.15) is 18.1 Å². The fourth-order valence-corrected chi connectivity index (χ4v) is 4.41. The molecule has 3 aromatic carbocycles. The molecule has 1 aliphatic rings. The molecule has 0 spiro atoms. The summed E-state index contributed by atoms with van der Waals surface area (Å²) in [4.78, 5) is 26.4. The van der Waals surface area contributed by atoms with Gasteiger partial charge in [-0.25, -0.2) is 0 Å². The van der Waals surface area contributed by atoms with Gasteiger partial charge in [0.05, 0.1) is 11.4 Å². The van der Waals surface area contributed by atoms with Gasteiger partial charge >= 0.3 is 0 Å². The Bertz CT molecular complexity index is 1140. The Kier molecular flexibility index (Phi) is 5.77. The van der Waals surface area contributed by atoms with Crippen LogP contribution in [0.4, 0.5) is 4.79 Å². The Balaban J connectivity index is 1.46. The molecule has 0 atom stereocenters. The number of phenolic OH excluding ortho intramolecular Hbond substituents is 1. The normalized spacial score (nSPS) is 15.5. The number of benzene rings is 3. The van der Waals surface area contributed by atoms with Crippen molar-refractivity contribution in [2.75, 3.05) is 13.2 Å². The largest absolute Gasteiger partial charge is 0.507 e. The van der Waals surface area contributed by atoms with E-state index in [1.807, 2.05) is 42.5 Å². The summed E-state index contributed by atoms with van der Waals surface area (Å²) in [6.07, 6.45) is 1.55. The van der Waals surface area contributed by atoms with Crippen LogP contribution in [0.3, 0.4) is 0 Å². The molecule has 0 aliphatic carbocycles. The lowest BCUT2D eigenvalue weighted by Crippen LogP contribution is -2.32. The number of hydrogen-bond donors (Lipinski definition) is 1. The Morgan fingerprint density at radius 1 is 1.07 bits per heavy atom. The highest BCUT2D eigenvalue weighted by Crippen LogP contribution is 2.34. The fourth-order valence-electron chi connectivity index (χ4n) is 3.04. The lowest BCUT2D eigenvalue weighted by Gasteiger charge is -2.14. The van der Waals surface area contributed by atoms with Crippen molar-refractivity contribution in [3.05, 3.63) is 74.7 Å². The minimum atomic E-state index is -0.375. The van der Waals surface area contributed by atoms with Crippen molar-refractivity contribution in [2.45, 2.75) is 0 Å². The topological polar surface area (TPSA) is 66.8 Å². The van der Waals surface area contributed by atoms with Crippen molar-refractivity contribution in [3.8, 4) is 11.5 Å². The predicted octanol–water partition coefficient (Wildman–Crippen LogP) is 5.27. The predicted molar refractivity (Wildman–Crippen MR) is 123 cm³/mol. The standard InChI is InChI=1S/C22H16INO4S/c23-16-8-9-18(25)15(12-16)13-20-21(26)24(22(27)29-20)10-11-28-19-7-3-5-14-4-1-2-6-17(14)19/h1-9,12-13,25H,10-11H2/b20-13-. The van der Waals surface area contributed by atoms with Crippen LogP contribution in [0.2, 0.25) is 0 Å². The van der Waals surface area contributed by atoms with E-state index in [4.69, 9.17) is 4.74 Å². The molecule has 7 heteroatoms. The van der Waals surface area contributed by atoms with E-state index in [0.717, 1.165) is 31.9 Å². The average molecular weight is 517 g/mol. The molecule has 1 fully saturated rings. The first-order chi connectivity index (χ1) is 14.0. The van der Waals surface area contributed by atoms with Crippen LogP contribution in [0, 0.1) is 3.57 Å². The number of imide groups is 1. The number of carbonyl (C=O) groups is 2. The van der Waals surface area contributed by atoms with Crippen molar-refractivity contribution >= 4 is 62.3 Å². The molecule has 0 bridgehead atoms. The van der Waals surface area contributed by atoms with E-state index in [-0.39, 0.29) is 35.0 Å². The number of halogens is 1. The molecule has 0 radical (unpaired) electrons. The van der Waals surface area contributed by atoms with Crippen LogP contribution in [-0.4, -0.2) is 34.3 Å². The molecule has 2 amide bonds. The van der Waals surface area contributed by atoms with Crippen LogP contribution in [-0.2, 0) is 4.79 Å². The molecule has 4 rings (SSSR count). The van der Waals surface area contributed by atoms with E-state index in [1.54, 1.807) is 24.3 Å². The van der Waals surface area contributed by atoms with Gasteiger partial charge in [0.15, 0.2) is 0 Å². The van der Waals surface area contributed by atoms with Gasteiger partial charge < -0.3 is 9.84 Å². The second-order valence-corrected chi connectivity index (χ2v) is 8.60. The van der Waals surface area contributed by atoms with E-state index in [9.17, 15) is 14.7 Å². The van der Waals surface area contributed by atoms with Gasteiger partial charge in [-0.2, -0.15) is 0 Å². The highest BCUT2D eigenvalue weighted by molar-refractivity contribution is 14.1. The zero-order valence-electron chi connectivity index (χ0n) is 15.2. The van der Waals surface area contributed by atoms with Crippen LogP contribution in [0.15, 0.2) is 65.6 Å². The number of rotatable bonds is 5. The third-order valence-corrected chi connectivity index (χ3v) is 6.05. The molecule has 1 N–H and O–H groups in total. The van der Waals surface area contributed by atoms with Gasteiger partial charge in [-0.3, -0.25) is 14.5 Å². The number of hydrogen-bond acceptors (Lipinski definition) is 5. The third-order valence-electron chi connectivity index (χ3n) is 4.47. The first-order valence-electron chi connectivity index (χ1n) is 8.87. The zero-order chi connectivity index (χ0) is 20.4. The van der Waals surface area contributed by atoms with Gasteiger partial charge in [-0.1, -0.05) is 36.4 Å². The molecule has 1 saturated heterocycles. The minimum absolute atomic E-state index is 0.0662. The number of amides is 2. The molecule has 3 aromatic rings. The molecule has 29 heavy (non-hydrogen) atoms. The van der Waals surface area contributed by atoms with Crippen molar-refractivity contribution in [1.82, 2.24) is 4.90 Å². The van der Waals surface area contributed by atoms with Crippen molar-refractivity contribution in [3.63, 3.8) is 0 Å². The summed E-state index contributed by atoms with van der Waals surface area (Å²) in [6.45, 7) is 0.358. The van der Waals surface area contributed by atoms with Crippen LogP contribution in [0.5, 0.6) is 11.5 Å². The SMILES string of the molecule is O=C1S/C(=C\c2cc(I)ccc2O)C(=O)N1CCOc1cccc2ccccc12. The monoisotopic (exact) mass is 517 g/mol. The number of fused-ring (bicyclic) bond motifs is 1. The summed E-state index contributed by atoms with van der Waals surface area (Å²) in [5.41, 5.74) is 0.509. The van der Waals surface area contributed by atoms with E-state index in [0.29, 0.717) is 5.56 Å². The van der Waals surface area contributed by atoms with Crippen LogP contribution in [0.25, 0.3) is 16.8 Å². The molecule has 1 aliphatic heterocycles. The molecule has 0 saturated carbocycles. The summed E-state index contributed by atoms with van der Waals surface area (Å²) in [7, 11) is 0. The summed E-state index contributed by atoms with van der Waals surface area (Å²) in [6, 6.07) is 18.8. The molecular formula is C22H16INO4S. The van der Waals surface area contributed by atoms with E-state index < -0.39 is 0 Å². The van der Waals surface area contributed by atoms with Crippen LogP contribution < -0.4 is 4.74 Å². The Morgan fingerprint density at radius 3 is 2.72 bits per heavy atom. The fraction of sp³-hybridized carbons (Fsp3) is 0.0909. The van der Waals surface area contributed by atoms with Gasteiger partial charge in [0, 0.05) is 14.5 Å². The van der Waals surface area contributed by atoms with E-state index in [1.165, 1.54) is 4.90 Å². The number of phenols is 1. The second kappa shape index (κ2) is 8.46. The first-order valence-corrected chi connectivity index (χ1v) is 10.8. The number of nitrogens with zero attached hydrogens (tertiary/aromatic N) is 1. The highest BCUT2D eigenvalue weighted by Gasteiger charge is 2.35. The lowest BCUT2D eigenvalue weighted by atomic mass is 10.1. The van der Waals surface area contributed by atoms with Crippen molar-refractivity contribution < 1.29 is 19.4 Å². The number of ether oxygens (including phenoxy) is 1. The lowest BCUT2D eigenvalue weighted by molar-refractivity contribution is -0.123. The van der Waals surface area contributed by atoms with Gasteiger partial charge in [0.25, 0.3) is 11.1 Å². The number of carbonyl (C=O) groups excluding carboxylic acids is 2. The smallest absolute Gasteiger partial charge is 0.293 e. The maximum atomic E-state index is 12.6. The maximum absolute atomic E-state index is 12.6. The third kappa shape index (κ3) is 4.25. The molecule has 146 valence electrons. The quantitative estimate of drug-likeness (QED) is 0.369. The molecule has 1 heterocycles. The first kappa shape index (κ1) is 19.8. The van der Waals surface area contributed by atoms with Crippen molar-refractivity contribution in [1.29, 1.82) is 0 Å². The van der Waals surface area contributed by atoms with E-state index in [2.05, 4.69) is 22.6 Å². The highest BCUT2D eigenvalue weighted by atomic mass is 127. The molecular weight excluding hydrogens is 501 g/mol. The van der Waals surface area contributed by atoms with Gasteiger partial charge in [-0.05, 0) is 70.1 Å². The Labute approximate surface area is 185 Å². The summed E-state index contributed by atoms with van der Waals surface area (Å²) < 4.78 is 6.78. The van der Waals surface area contributed by atoms with Crippen molar-refractivity contribution in [2.24, 2.45) is 0 Å². The summed E-state index contributed by atoms with van der Waals surface area (Å²) in [5.74, 6) is 0.408. The summed E-state index contributed by atoms with van der Waals surface area (Å²) >= 11 is 3.00. The average Bonchev–Trinajstić information content (AvgIpc) is 2.98. The summed E-state index contributed by atoms with van der Waals surface area (Å²) in [5, 5.41) is 11.7. The van der Waals surface area contributed by atoms with E-state index >= 15 is 0 Å². The maximum Gasteiger partial charge on any atom is 0.293 e. The van der Waals surface area contributed by atoms with Crippen LogP contribution >= 0.6 is 34.4 Å². The number of thioether (sulfide) groups is 1. The van der Waals surface area contributed by atoms with Crippen LogP contribution in [0.1, 0.15) is 5.56 Å². The molecule has 5 nitrogen and oxygen atoms in total. The minimum Gasteiger partial charge on any atom is -0.507 e. The second-order valence-electron chi connectivity index (χ2n) is 6.36. The molecule has 0 aromatic heterocycles.